The molecule has 1 N–H and O–H groups in total. The van der Waals surface area contributed by atoms with E-state index in [2.05, 4.69) is 23.3 Å². The summed E-state index contributed by atoms with van der Waals surface area (Å²) in [5, 5.41) is 12.2. The summed E-state index contributed by atoms with van der Waals surface area (Å²) < 4.78 is 5.84. The number of hydrogen-bond acceptors (Lipinski definition) is 5. The molecule has 1 aromatic heterocycles. The number of carbonyl (C=O) groups excluding carboxylic acids is 1. The molecule has 142 valence electrons. The Morgan fingerprint density at radius 3 is 2.55 bits per heavy atom. The lowest BCUT2D eigenvalue weighted by molar-refractivity contribution is -0.115. The molecule has 0 spiro atoms. The molecule has 1 amide bonds. The highest BCUT2D eigenvalue weighted by Gasteiger charge is 2.24. The Morgan fingerprint density at radius 1 is 1.10 bits per heavy atom. The Bertz CT molecular complexity index is 1150. The van der Waals surface area contributed by atoms with Gasteiger partial charge in [-0.2, -0.15) is 5.26 Å². The number of furan rings is 1. The van der Waals surface area contributed by atoms with E-state index < -0.39 is 0 Å². The molecular weight excluding hydrogens is 382 g/mol. The van der Waals surface area contributed by atoms with Crippen LogP contribution in [0.15, 0.2) is 75.0 Å². The fraction of sp³-hybridized carbons (Fsp3) is 0.0870. The molecule has 0 unspecified atom stereocenters. The third-order valence-electron chi connectivity index (χ3n) is 4.42. The predicted molar refractivity (Wildman–Crippen MR) is 115 cm³/mol. The van der Waals surface area contributed by atoms with Crippen LogP contribution in [0.5, 0.6) is 0 Å². The molecule has 1 saturated heterocycles. The number of aryl methyl sites for hydroxylation is 1. The average molecular weight is 399 g/mol. The number of amidine groups is 1. The molecule has 0 aliphatic carbocycles. The van der Waals surface area contributed by atoms with Crippen LogP contribution in [0.1, 0.15) is 23.8 Å². The zero-order valence-electron chi connectivity index (χ0n) is 15.7. The first-order chi connectivity index (χ1) is 14.1. The number of carbonyl (C=O) groups is 1. The van der Waals surface area contributed by atoms with Gasteiger partial charge < -0.3 is 9.73 Å². The van der Waals surface area contributed by atoms with Crippen molar-refractivity contribution in [2.45, 2.75) is 13.3 Å². The van der Waals surface area contributed by atoms with Gasteiger partial charge in [-0.3, -0.25) is 4.79 Å². The van der Waals surface area contributed by atoms with E-state index in [1.807, 2.05) is 48.5 Å². The molecule has 2 aromatic carbocycles. The van der Waals surface area contributed by atoms with Gasteiger partial charge in [0.2, 0.25) is 0 Å². The molecule has 0 bridgehead atoms. The summed E-state index contributed by atoms with van der Waals surface area (Å²) in [4.78, 5) is 17.3. The summed E-state index contributed by atoms with van der Waals surface area (Å²) in [7, 11) is 0. The third-order valence-corrected chi connectivity index (χ3v) is 5.33. The lowest BCUT2D eigenvalue weighted by Crippen LogP contribution is -2.19. The number of hydrogen-bond donors (Lipinski definition) is 1. The first-order valence-electron chi connectivity index (χ1n) is 9.13. The van der Waals surface area contributed by atoms with Gasteiger partial charge in [0.1, 0.15) is 11.5 Å². The van der Waals surface area contributed by atoms with Crippen molar-refractivity contribution in [2.24, 2.45) is 4.99 Å². The summed E-state index contributed by atoms with van der Waals surface area (Å²) in [6.45, 7) is 2.10. The maximum atomic E-state index is 12.3. The second-order valence-corrected chi connectivity index (χ2v) is 7.42. The first kappa shape index (κ1) is 18.8. The van der Waals surface area contributed by atoms with E-state index in [9.17, 15) is 4.79 Å². The van der Waals surface area contributed by atoms with Crippen molar-refractivity contribution < 1.29 is 9.21 Å². The Labute approximate surface area is 172 Å². The van der Waals surface area contributed by atoms with Crippen LogP contribution in [0, 0.1) is 11.3 Å². The molecule has 0 atom stereocenters. The van der Waals surface area contributed by atoms with Crippen molar-refractivity contribution in [3.63, 3.8) is 0 Å². The maximum absolute atomic E-state index is 12.3. The quantitative estimate of drug-likeness (QED) is 0.606. The van der Waals surface area contributed by atoms with Crippen molar-refractivity contribution in [1.82, 2.24) is 5.32 Å². The van der Waals surface area contributed by atoms with Crippen LogP contribution in [-0.4, -0.2) is 11.1 Å². The number of nitrogens with one attached hydrogen (secondary N) is 1. The molecule has 4 rings (SSSR count). The monoisotopic (exact) mass is 399 g/mol. The van der Waals surface area contributed by atoms with Crippen LogP contribution >= 0.6 is 11.8 Å². The molecule has 6 heteroatoms. The van der Waals surface area contributed by atoms with Crippen LogP contribution in [0.3, 0.4) is 0 Å². The second kappa shape index (κ2) is 8.21. The highest BCUT2D eigenvalue weighted by molar-refractivity contribution is 8.18. The fourth-order valence-electron chi connectivity index (χ4n) is 2.83. The van der Waals surface area contributed by atoms with E-state index in [0.29, 0.717) is 27.2 Å². The Kier molecular flexibility index (Phi) is 5.32. The summed E-state index contributed by atoms with van der Waals surface area (Å²) in [6, 6.07) is 20.8. The largest absolute Gasteiger partial charge is 0.457 e. The Balaban J connectivity index is 1.51. The van der Waals surface area contributed by atoms with Crippen LogP contribution in [-0.2, 0) is 11.2 Å². The maximum Gasteiger partial charge on any atom is 0.264 e. The molecule has 5 nitrogen and oxygen atoms in total. The Hall–Kier alpha value is -3.56. The molecule has 0 saturated carbocycles. The standard InChI is InChI=1S/C23H17N3O2S/c1-2-15-5-9-18(10-6-15)25-23-26-22(27)21(29-23)13-19-11-12-20(28-19)17-7-3-16(14-24)4-8-17/h3-13H,2H2,1H3,(H,25,26,27). The van der Waals surface area contributed by atoms with Crippen LogP contribution in [0.25, 0.3) is 17.4 Å². The van der Waals surface area contributed by atoms with E-state index >= 15 is 0 Å². The summed E-state index contributed by atoms with van der Waals surface area (Å²) in [6.07, 6.45) is 2.68. The predicted octanol–water partition coefficient (Wildman–Crippen LogP) is 5.27. The fourth-order valence-corrected chi connectivity index (χ4v) is 3.65. The summed E-state index contributed by atoms with van der Waals surface area (Å²) in [5.41, 5.74) is 3.51. The Morgan fingerprint density at radius 2 is 1.86 bits per heavy atom. The van der Waals surface area contributed by atoms with Crippen LogP contribution < -0.4 is 5.32 Å². The van der Waals surface area contributed by atoms with Crippen molar-refractivity contribution >= 4 is 34.6 Å². The summed E-state index contributed by atoms with van der Waals surface area (Å²) >= 11 is 1.28. The molecule has 29 heavy (non-hydrogen) atoms. The zero-order chi connectivity index (χ0) is 20.2. The van der Waals surface area contributed by atoms with Gasteiger partial charge >= 0.3 is 0 Å². The number of nitriles is 1. The molecular formula is C23H17N3O2S. The molecule has 1 fully saturated rings. The van der Waals surface area contributed by atoms with E-state index in [4.69, 9.17) is 9.68 Å². The molecule has 2 heterocycles. The van der Waals surface area contributed by atoms with Crippen molar-refractivity contribution in [2.75, 3.05) is 0 Å². The van der Waals surface area contributed by atoms with Gasteiger partial charge in [0.05, 0.1) is 22.2 Å². The highest BCUT2D eigenvalue weighted by atomic mass is 32.2. The number of amides is 1. The minimum atomic E-state index is -0.199. The topological polar surface area (TPSA) is 78.4 Å². The number of nitrogens with zero attached hydrogens (tertiary/aromatic N) is 2. The molecule has 3 aromatic rings. The van der Waals surface area contributed by atoms with Gasteiger partial charge in [-0.1, -0.05) is 19.1 Å². The third kappa shape index (κ3) is 4.31. The van der Waals surface area contributed by atoms with E-state index in [1.165, 1.54) is 17.3 Å². The summed E-state index contributed by atoms with van der Waals surface area (Å²) in [5.74, 6) is 1.06. The first-order valence-corrected chi connectivity index (χ1v) is 9.95. The lowest BCUT2D eigenvalue weighted by atomic mass is 10.1. The normalized spacial score (nSPS) is 16.2. The number of thioether (sulfide) groups is 1. The van der Waals surface area contributed by atoms with Gasteiger partial charge in [-0.05, 0) is 72.3 Å². The molecule has 1 aliphatic rings. The smallest absolute Gasteiger partial charge is 0.264 e. The van der Waals surface area contributed by atoms with Crippen LogP contribution in [0.4, 0.5) is 5.69 Å². The van der Waals surface area contributed by atoms with Gasteiger partial charge in [-0.15, -0.1) is 0 Å². The van der Waals surface area contributed by atoms with Gasteiger partial charge in [0.25, 0.3) is 5.91 Å². The SMILES string of the molecule is CCc1ccc(N=C2NC(=O)C(=Cc3ccc(-c4ccc(C#N)cc4)o3)S2)cc1. The molecule has 0 radical (unpaired) electrons. The lowest BCUT2D eigenvalue weighted by Gasteiger charge is -1.98. The van der Waals surface area contributed by atoms with Crippen molar-refractivity contribution in [3.05, 3.63) is 82.5 Å². The average Bonchev–Trinajstić information content (AvgIpc) is 3.35. The van der Waals surface area contributed by atoms with Gasteiger partial charge in [0.15, 0.2) is 5.17 Å². The van der Waals surface area contributed by atoms with Crippen molar-refractivity contribution in [3.8, 4) is 17.4 Å². The number of aliphatic imine (C=N–C) groups is 1. The van der Waals surface area contributed by atoms with Crippen molar-refractivity contribution in [1.29, 1.82) is 5.26 Å². The number of rotatable bonds is 4. The second-order valence-electron chi connectivity index (χ2n) is 6.39. The number of benzene rings is 2. The zero-order valence-corrected chi connectivity index (χ0v) is 16.5. The van der Waals surface area contributed by atoms with E-state index in [1.54, 1.807) is 18.2 Å². The van der Waals surface area contributed by atoms with E-state index in [-0.39, 0.29) is 5.91 Å². The van der Waals surface area contributed by atoms with E-state index in [0.717, 1.165) is 17.7 Å². The van der Waals surface area contributed by atoms with Crippen LogP contribution in [0.2, 0.25) is 0 Å². The molecule has 1 aliphatic heterocycles. The minimum Gasteiger partial charge on any atom is -0.457 e. The minimum absolute atomic E-state index is 0.199. The van der Waals surface area contributed by atoms with Gasteiger partial charge in [0, 0.05) is 11.6 Å². The van der Waals surface area contributed by atoms with Gasteiger partial charge in [-0.25, -0.2) is 4.99 Å². The highest BCUT2D eigenvalue weighted by Crippen LogP contribution is 2.30.